The molecule has 1 aromatic carbocycles. The van der Waals surface area contributed by atoms with Crippen LogP contribution in [-0.4, -0.2) is 29.1 Å². The first-order chi connectivity index (χ1) is 10.0. The van der Waals surface area contributed by atoms with Gasteiger partial charge in [-0.15, -0.1) is 0 Å². The maximum atomic E-state index is 12.9. The minimum atomic E-state index is -1.04. The Morgan fingerprint density at radius 1 is 1.33 bits per heavy atom. The molecule has 2 aliphatic heterocycles. The summed E-state index contributed by atoms with van der Waals surface area (Å²) in [5, 5.41) is 9.95. The van der Waals surface area contributed by atoms with E-state index in [4.69, 9.17) is 11.6 Å². The topological polar surface area (TPSA) is 78.1 Å². The predicted octanol–water partition coefficient (Wildman–Crippen LogP) is 1.67. The van der Waals surface area contributed by atoms with Gasteiger partial charge >= 0.3 is 0 Å². The van der Waals surface area contributed by atoms with Gasteiger partial charge < -0.3 is 10.2 Å². The quantitative estimate of drug-likeness (QED) is 0.777. The second-order valence-corrected chi connectivity index (χ2v) is 5.75. The minimum Gasteiger partial charge on any atom is -0.314 e. The molecule has 2 aliphatic rings. The van der Waals surface area contributed by atoms with Crippen molar-refractivity contribution in [3.63, 3.8) is 0 Å². The number of rotatable bonds is 0. The Balaban J connectivity index is 2.08. The molecule has 1 atom stereocenters. The number of aromatic amines is 1. The summed E-state index contributed by atoms with van der Waals surface area (Å²) in [5.74, 6) is 0.111. The first-order valence-electron chi connectivity index (χ1n) is 6.46. The summed E-state index contributed by atoms with van der Waals surface area (Å²) in [5.41, 5.74) is 1.16. The van der Waals surface area contributed by atoms with Gasteiger partial charge in [-0.1, -0.05) is 11.6 Å². The van der Waals surface area contributed by atoms with Gasteiger partial charge in [-0.25, -0.2) is 0 Å². The van der Waals surface area contributed by atoms with Gasteiger partial charge in [-0.3, -0.25) is 14.7 Å². The zero-order valence-electron chi connectivity index (χ0n) is 11.1. The lowest BCUT2D eigenvalue weighted by atomic mass is 9.72. The lowest BCUT2D eigenvalue weighted by molar-refractivity contribution is -0.126. The smallest absolute Gasteiger partial charge is 0.242 e. The number of aromatic nitrogens is 2. The van der Waals surface area contributed by atoms with E-state index >= 15 is 0 Å². The lowest BCUT2D eigenvalue weighted by Gasteiger charge is -2.31. The Kier molecular flexibility index (Phi) is 2.28. The fourth-order valence-electron chi connectivity index (χ4n) is 3.31. The average Bonchev–Trinajstić information content (AvgIpc) is 2.99. The van der Waals surface area contributed by atoms with E-state index in [2.05, 4.69) is 15.5 Å². The summed E-state index contributed by atoms with van der Waals surface area (Å²) in [6, 6.07) is 5.30. The summed E-state index contributed by atoms with van der Waals surface area (Å²) in [4.78, 5) is 26.6. The van der Waals surface area contributed by atoms with Crippen LogP contribution >= 0.6 is 11.6 Å². The van der Waals surface area contributed by atoms with Gasteiger partial charge in [0.05, 0.1) is 6.20 Å². The summed E-state index contributed by atoms with van der Waals surface area (Å²) in [7, 11) is 1.70. The Labute approximate surface area is 125 Å². The number of nitrogens with zero attached hydrogens (tertiary/aromatic N) is 2. The number of carbonyl (C=O) groups is 2. The van der Waals surface area contributed by atoms with E-state index in [1.54, 1.807) is 36.3 Å². The van der Waals surface area contributed by atoms with Gasteiger partial charge in [-0.2, -0.15) is 5.10 Å². The van der Waals surface area contributed by atoms with Crippen LogP contribution < -0.4 is 10.2 Å². The maximum absolute atomic E-state index is 12.9. The maximum Gasteiger partial charge on any atom is 0.242 e. The number of anilines is 2. The van der Waals surface area contributed by atoms with Crippen LogP contribution in [0.4, 0.5) is 11.5 Å². The van der Waals surface area contributed by atoms with Gasteiger partial charge in [-0.05, 0) is 23.8 Å². The summed E-state index contributed by atoms with van der Waals surface area (Å²) in [6.45, 7) is 0. The molecule has 3 heterocycles. The van der Waals surface area contributed by atoms with Crippen LogP contribution in [0.25, 0.3) is 0 Å². The second-order valence-electron chi connectivity index (χ2n) is 5.31. The van der Waals surface area contributed by atoms with Crippen molar-refractivity contribution in [2.45, 2.75) is 11.8 Å². The zero-order chi connectivity index (χ0) is 14.8. The fourth-order valence-corrected chi connectivity index (χ4v) is 3.48. The molecule has 0 bridgehead atoms. The van der Waals surface area contributed by atoms with Crippen molar-refractivity contribution in [3.05, 3.63) is 40.5 Å². The highest BCUT2D eigenvalue weighted by atomic mass is 35.5. The molecular weight excluding hydrogens is 292 g/mol. The highest BCUT2D eigenvalue weighted by Crippen LogP contribution is 2.51. The van der Waals surface area contributed by atoms with E-state index in [0.29, 0.717) is 16.4 Å². The van der Waals surface area contributed by atoms with Crippen LogP contribution in [0.2, 0.25) is 5.02 Å². The van der Waals surface area contributed by atoms with Crippen LogP contribution in [0.1, 0.15) is 17.5 Å². The Morgan fingerprint density at radius 3 is 2.95 bits per heavy atom. The minimum absolute atomic E-state index is 0.0516. The Bertz CT molecular complexity index is 800. The van der Waals surface area contributed by atoms with Crippen molar-refractivity contribution in [1.29, 1.82) is 0 Å². The molecule has 0 aliphatic carbocycles. The fraction of sp³-hybridized carbons (Fsp3) is 0.214. The van der Waals surface area contributed by atoms with Gasteiger partial charge in [0.15, 0.2) is 0 Å². The first-order valence-corrected chi connectivity index (χ1v) is 6.84. The van der Waals surface area contributed by atoms with E-state index in [0.717, 1.165) is 11.3 Å². The number of nitrogens with one attached hydrogen (secondary N) is 2. The van der Waals surface area contributed by atoms with Crippen molar-refractivity contribution in [3.8, 4) is 0 Å². The number of fused-ring (bicyclic) bond motifs is 4. The van der Waals surface area contributed by atoms with Gasteiger partial charge in [0.1, 0.15) is 11.2 Å². The highest BCUT2D eigenvalue weighted by molar-refractivity contribution is 6.31. The van der Waals surface area contributed by atoms with Gasteiger partial charge in [0.2, 0.25) is 11.8 Å². The second kappa shape index (κ2) is 3.85. The molecular formula is C14H11ClN4O2. The molecule has 1 spiro atoms. The third kappa shape index (κ3) is 1.40. The van der Waals surface area contributed by atoms with Crippen molar-refractivity contribution >= 4 is 34.9 Å². The first kappa shape index (κ1) is 12.4. The largest absolute Gasteiger partial charge is 0.314 e. The summed E-state index contributed by atoms with van der Waals surface area (Å²) in [6.07, 6.45) is 1.65. The summed E-state index contributed by atoms with van der Waals surface area (Å²) >= 11 is 6.10. The van der Waals surface area contributed by atoms with Crippen LogP contribution in [0.15, 0.2) is 24.4 Å². The molecule has 2 amide bonds. The number of benzene rings is 1. The molecule has 1 aromatic heterocycles. The molecule has 21 heavy (non-hydrogen) atoms. The van der Waals surface area contributed by atoms with Crippen molar-refractivity contribution in [2.24, 2.45) is 0 Å². The Morgan fingerprint density at radius 2 is 2.14 bits per heavy atom. The third-order valence-electron chi connectivity index (χ3n) is 4.24. The van der Waals surface area contributed by atoms with Crippen LogP contribution in [-0.2, 0) is 15.0 Å². The van der Waals surface area contributed by atoms with Crippen LogP contribution in [0.3, 0.4) is 0 Å². The van der Waals surface area contributed by atoms with Crippen molar-refractivity contribution in [1.82, 2.24) is 10.2 Å². The number of H-pyrrole nitrogens is 1. The number of hydrogen-bond donors (Lipinski definition) is 2. The number of amides is 2. The zero-order valence-corrected chi connectivity index (χ0v) is 11.9. The number of halogens is 1. The molecule has 2 aromatic rings. The van der Waals surface area contributed by atoms with E-state index in [1.807, 2.05) is 0 Å². The number of hydrogen-bond acceptors (Lipinski definition) is 3. The van der Waals surface area contributed by atoms with Crippen LogP contribution in [0.5, 0.6) is 0 Å². The molecule has 0 unspecified atom stereocenters. The molecule has 6 nitrogen and oxygen atoms in total. The highest BCUT2D eigenvalue weighted by Gasteiger charge is 2.55. The molecule has 4 rings (SSSR count). The van der Waals surface area contributed by atoms with Crippen LogP contribution in [0, 0.1) is 0 Å². The standard InChI is InChI=1S/C14H11ClN4O2/c1-19-10-3-2-7(15)4-8(10)14(13(19)21)5-11(20)17-12-9(14)6-16-18-12/h2-4,6H,5H2,1H3,(H2,16,17,18,20)/t14-/m0/s1. The molecule has 2 N–H and O–H groups in total. The molecule has 0 saturated heterocycles. The lowest BCUT2D eigenvalue weighted by Crippen LogP contribution is -2.45. The van der Waals surface area contributed by atoms with E-state index in [-0.39, 0.29) is 18.2 Å². The molecule has 0 saturated carbocycles. The SMILES string of the molecule is CN1C(=O)[C@@]2(CC(=O)Nc3[nH]ncc32)c2cc(Cl)ccc21. The number of likely N-dealkylation sites (N-methyl/N-ethyl adjacent to an activating group) is 1. The molecule has 0 radical (unpaired) electrons. The third-order valence-corrected chi connectivity index (χ3v) is 4.47. The number of carbonyl (C=O) groups excluding carboxylic acids is 2. The Hall–Kier alpha value is -2.34. The van der Waals surface area contributed by atoms with Gasteiger partial charge in [0.25, 0.3) is 0 Å². The van der Waals surface area contributed by atoms with Crippen molar-refractivity contribution in [2.75, 3.05) is 17.3 Å². The monoisotopic (exact) mass is 302 g/mol. The average molecular weight is 303 g/mol. The summed E-state index contributed by atoms with van der Waals surface area (Å²) < 4.78 is 0. The predicted molar refractivity (Wildman–Crippen MR) is 77.5 cm³/mol. The van der Waals surface area contributed by atoms with Crippen molar-refractivity contribution < 1.29 is 9.59 Å². The van der Waals surface area contributed by atoms with E-state index in [1.165, 1.54) is 0 Å². The van der Waals surface area contributed by atoms with E-state index < -0.39 is 5.41 Å². The molecule has 7 heteroatoms. The normalized spacial score (nSPS) is 23.2. The van der Waals surface area contributed by atoms with E-state index in [9.17, 15) is 9.59 Å². The molecule has 0 fully saturated rings. The molecule has 106 valence electrons. The van der Waals surface area contributed by atoms with Gasteiger partial charge in [0, 0.05) is 29.7 Å².